The summed E-state index contributed by atoms with van der Waals surface area (Å²) in [5, 5.41) is 14.3. The van der Waals surface area contributed by atoms with Crippen LogP contribution in [0.1, 0.15) is 29.9 Å². The molecule has 0 saturated carbocycles. The van der Waals surface area contributed by atoms with Gasteiger partial charge in [0.2, 0.25) is 5.91 Å². The quantitative estimate of drug-likeness (QED) is 0.422. The summed E-state index contributed by atoms with van der Waals surface area (Å²) < 4.78 is 10.7. The zero-order chi connectivity index (χ0) is 24.5. The summed E-state index contributed by atoms with van der Waals surface area (Å²) in [6.45, 7) is 0.185. The second-order valence-electron chi connectivity index (χ2n) is 8.00. The Labute approximate surface area is 203 Å². The maximum absolute atomic E-state index is 12.7. The molecule has 0 saturated heterocycles. The minimum absolute atomic E-state index is 0.0315. The molecule has 3 rings (SSSR count). The summed E-state index contributed by atoms with van der Waals surface area (Å²) in [6, 6.07) is 15.3. The molecule has 182 valence electrons. The number of ether oxygens (including phenoxy) is 2. The highest BCUT2D eigenvalue weighted by atomic mass is 32.2. The Morgan fingerprint density at radius 1 is 1.06 bits per heavy atom. The third kappa shape index (κ3) is 6.51. The monoisotopic (exact) mass is 486 g/mol. The van der Waals surface area contributed by atoms with E-state index in [4.69, 9.17) is 14.6 Å². The first kappa shape index (κ1) is 25.6. The Morgan fingerprint density at radius 3 is 2.24 bits per heavy atom. The lowest BCUT2D eigenvalue weighted by atomic mass is 9.98. The number of hydrogen-bond acceptors (Lipinski definition) is 6. The van der Waals surface area contributed by atoms with E-state index in [0.717, 1.165) is 22.3 Å². The van der Waals surface area contributed by atoms with Crippen LogP contribution in [0.3, 0.4) is 0 Å². The minimum Gasteiger partial charge on any atom is -0.481 e. The molecule has 0 aromatic heterocycles. The van der Waals surface area contributed by atoms with Gasteiger partial charge in [-0.1, -0.05) is 48.5 Å². The van der Waals surface area contributed by atoms with Crippen LogP contribution < -0.4 is 10.6 Å². The number of amides is 2. The number of fused-ring (bicyclic) bond motifs is 3. The molecule has 0 fully saturated rings. The number of carboxylic acid groups (broad SMARTS) is 1. The zero-order valence-electron chi connectivity index (χ0n) is 19.3. The maximum Gasteiger partial charge on any atom is 0.407 e. The van der Waals surface area contributed by atoms with Crippen molar-refractivity contribution in [2.24, 2.45) is 0 Å². The molecule has 1 unspecified atom stereocenters. The number of carbonyl (C=O) groups is 3. The Balaban J connectivity index is 1.60. The van der Waals surface area contributed by atoms with Crippen LogP contribution in [0.5, 0.6) is 0 Å². The molecule has 9 heteroatoms. The van der Waals surface area contributed by atoms with Crippen molar-refractivity contribution in [2.75, 3.05) is 32.3 Å². The smallest absolute Gasteiger partial charge is 0.407 e. The molecule has 0 spiro atoms. The molecule has 8 nitrogen and oxygen atoms in total. The van der Waals surface area contributed by atoms with Crippen molar-refractivity contribution in [1.29, 1.82) is 0 Å². The first-order valence-corrected chi connectivity index (χ1v) is 12.5. The molecule has 34 heavy (non-hydrogen) atoms. The van der Waals surface area contributed by atoms with Crippen molar-refractivity contribution in [3.05, 3.63) is 59.7 Å². The highest BCUT2D eigenvalue weighted by Gasteiger charge is 2.30. The topological polar surface area (TPSA) is 114 Å². The van der Waals surface area contributed by atoms with Gasteiger partial charge in [-0.05, 0) is 40.7 Å². The van der Waals surface area contributed by atoms with Gasteiger partial charge in [0.15, 0.2) is 0 Å². The number of benzene rings is 2. The van der Waals surface area contributed by atoms with E-state index >= 15 is 0 Å². The van der Waals surface area contributed by atoms with Gasteiger partial charge in [0.1, 0.15) is 12.6 Å². The predicted molar refractivity (Wildman–Crippen MR) is 131 cm³/mol. The van der Waals surface area contributed by atoms with Gasteiger partial charge in [0, 0.05) is 19.6 Å². The van der Waals surface area contributed by atoms with Crippen molar-refractivity contribution in [2.45, 2.75) is 30.9 Å². The van der Waals surface area contributed by atoms with Gasteiger partial charge in [0.25, 0.3) is 0 Å². The number of rotatable bonds is 12. The number of methoxy groups -OCH3 is 1. The highest BCUT2D eigenvalue weighted by Crippen LogP contribution is 2.44. The summed E-state index contributed by atoms with van der Waals surface area (Å²) in [5.41, 5.74) is 4.49. The fraction of sp³-hybridized carbons (Fsp3) is 0.400. The summed E-state index contributed by atoms with van der Waals surface area (Å²) in [5.74, 6) is -0.841. The Kier molecular flexibility index (Phi) is 9.35. The number of aliphatic carboxylic acids is 1. The third-order valence-electron chi connectivity index (χ3n) is 5.80. The van der Waals surface area contributed by atoms with Crippen molar-refractivity contribution < 1.29 is 29.0 Å². The maximum atomic E-state index is 12.7. The summed E-state index contributed by atoms with van der Waals surface area (Å²) in [7, 11) is 1.39. The molecule has 0 heterocycles. The Bertz CT molecular complexity index is 969. The number of thioether (sulfide) groups is 1. The number of alkyl carbamates (subject to hydrolysis) is 1. The lowest BCUT2D eigenvalue weighted by Crippen LogP contribution is -2.49. The van der Waals surface area contributed by atoms with Gasteiger partial charge < -0.3 is 25.2 Å². The van der Waals surface area contributed by atoms with Crippen LogP contribution in [-0.4, -0.2) is 67.5 Å². The SMILES string of the molecule is COC(CNC(=O)[C@H](CCSC)NC(=O)OCC1c2ccccc2-c2ccccc21)CC(=O)O. The standard InChI is InChI=1S/C25H30N2O6S/c1-32-16(13-23(28)29)14-26-24(30)22(11-12-34-2)27-25(31)33-15-21-19-9-5-3-7-17(19)18-8-4-6-10-20(18)21/h3-10,16,21-22H,11-15H2,1-2H3,(H,26,30)(H,27,31)(H,28,29)/t16?,22-/m0/s1. The van der Waals surface area contributed by atoms with E-state index in [1.807, 2.05) is 42.7 Å². The first-order chi connectivity index (χ1) is 16.4. The van der Waals surface area contributed by atoms with E-state index in [1.165, 1.54) is 7.11 Å². The lowest BCUT2D eigenvalue weighted by Gasteiger charge is -2.21. The van der Waals surface area contributed by atoms with Crippen LogP contribution >= 0.6 is 11.8 Å². The van der Waals surface area contributed by atoms with Crippen molar-refractivity contribution >= 4 is 29.7 Å². The van der Waals surface area contributed by atoms with Crippen LogP contribution in [0.25, 0.3) is 11.1 Å². The lowest BCUT2D eigenvalue weighted by molar-refractivity contribution is -0.140. The molecule has 0 aliphatic heterocycles. The largest absolute Gasteiger partial charge is 0.481 e. The molecule has 2 amide bonds. The molecule has 2 aromatic rings. The average molecular weight is 487 g/mol. The second kappa shape index (κ2) is 12.4. The van der Waals surface area contributed by atoms with Crippen molar-refractivity contribution in [1.82, 2.24) is 10.6 Å². The minimum atomic E-state index is -1.02. The van der Waals surface area contributed by atoms with Gasteiger partial charge >= 0.3 is 12.1 Å². The van der Waals surface area contributed by atoms with Gasteiger partial charge in [0.05, 0.1) is 12.5 Å². The van der Waals surface area contributed by atoms with Crippen LogP contribution in [0.4, 0.5) is 4.79 Å². The molecule has 0 radical (unpaired) electrons. The van der Waals surface area contributed by atoms with Crippen LogP contribution in [0.2, 0.25) is 0 Å². The van der Waals surface area contributed by atoms with E-state index in [1.54, 1.807) is 11.8 Å². The molecule has 1 aliphatic rings. The number of nitrogens with one attached hydrogen (secondary N) is 2. The van der Waals surface area contributed by atoms with Crippen molar-refractivity contribution in [3.8, 4) is 11.1 Å². The van der Waals surface area contributed by atoms with Crippen LogP contribution in [-0.2, 0) is 19.1 Å². The van der Waals surface area contributed by atoms with E-state index in [0.29, 0.717) is 12.2 Å². The summed E-state index contributed by atoms with van der Waals surface area (Å²) in [4.78, 5) is 36.2. The summed E-state index contributed by atoms with van der Waals surface area (Å²) in [6.07, 6.45) is 0.768. The molecule has 3 N–H and O–H groups in total. The molecule has 2 atom stereocenters. The molecule has 2 aromatic carbocycles. The normalized spacial score (nSPS) is 13.9. The fourth-order valence-electron chi connectivity index (χ4n) is 4.06. The van der Waals surface area contributed by atoms with E-state index < -0.39 is 30.1 Å². The zero-order valence-corrected chi connectivity index (χ0v) is 20.1. The van der Waals surface area contributed by atoms with Gasteiger partial charge in [-0.3, -0.25) is 9.59 Å². The average Bonchev–Trinajstić information content (AvgIpc) is 3.16. The van der Waals surface area contributed by atoms with Gasteiger partial charge in [-0.25, -0.2) is 4.79 Å². The van der Waals surface area contributed by atoms with E-state index in [-0.39, 0.29) is 25.5 Å². The highest BCUT2D eigenvalue weighted by molar-refractivity contribution is 7.98. The third-order valence-corrected chi connectivity index (χ3v) is 6.45. The van der Waals surface area contributed by atoms with E-state index in [2.05, 4.69) is 22.8 Å². The van der Waals surface area contributed by atoms with Crippen LogP contribution in [0, 0.1) is 0 Å². The number of hydrogen-bond donors (Lipinski definition) is 3. The molecular formula is C25H30N2O6S. The number of carboxylic acids is 1. The second-order valence-corrected chi connectivity index (χ2v) is 8.99. The van der Waals surface area contributed by atoms with Crippen molar-refractivity contribution in [3.63, 3.8) is 0 Å². The fourth-order valence-corrected chi connectivity index (χ4v) is 4.53. The molecule has 1 aliphatic carbocycles. The van der Waals surface area contributed by atoms with Gasteiger partial charge in [-0.15, -0.1) is 0 Å². The first-order valence-electron chi connectivity index (χ1n) is 11.1. The molecule has 0 bridgehead atoms. The van der Waals surface area contributed by atoms with Crippen LogP contribution in [0.15, 0.2) is 48.5 Å². The van der Waals surface area contributed by atoms with E-state index in [9.17, 15) is 14.4 Å². The Hall–Kier alpha value is -3.04. The predicted octanol–water partition coefficient (Wildman–Crippen LogP) is 3.25. The molecular weight excluding hydrogens is 456 g/mol. The number of carbonyl (C=O) groups excluding carboxylic acids is 2. The van der Waals surface area contributed by atoms with Gasteiger partial charge in [-0.2, -0.15) is 11.8 Å². The Morgan fingerprint density at radius 2 is 1.68 bits per heavy atom. The summed E-state index contributed by atoms with van der Waals surface area (Å²) >= 11 is 1.56.